The van der Waals surface area contributed by atoms with Gasteiger partial charge < -0.3 is 5.32 Å². The monoisotopic (exact) mass is 282 g/mol. The molecule has 0 atom stereocenters. The molecule has 0 bridgehead atoms. The van der Waals surface area contributed by atoms with Gasteiger partial charge in [-0.15, -0.1) is 0 Å². The van der Waals surface area contributed by atoms with Crippen LogP contribution in [0.5, 0.6) is 0 Å². The van der Waals surface area contributed by atoms with E-state index in [1.807, 2.05) is 12.1 Å². The largest absolute Gasteiger partial charge is 0.338 e. The number of benzene rings is 2. The van der Waals surface area contributed by atoms with Crippen LogP contribution in [0.4, 0.5) is 0 Å². The van der Waals surface area contributed by atoms with Gasteiger partial charge in [-0.1, -0.05) is 31.2 Å². The van der Waals surface area contributed by atoms with Crippen LogP contribution in [-0.4, -0.2) is 29.3 Å². The third kappa shape index (κ3) is 2.07. The molecular formula is C16H14N2O3. The number of nitrogens with zero attached hydrogens (tertiary/aromatic N) is 1. The minimum Gasteiger partial charge on any atom is -0.338 e. The second kappa shape index (κ2) is 5.01. The van der Waals surface area contributed by atoms with E-state index in [0.29, 0.717) is 22.9 Å². The van der Waals surface area contributed by atoms with E-state index in [2.05, 4.69) is 5.32 Å². The minimum absolute atomic E-state index is 0.102. The second-order valence-corrected chi connectivity index (χ2v) is 4.86. The molecule has 0 radical (unpaired) electrons. The Hall–Kier alpha value is -2.69. The van der Waals surface area contributed by atoms with Crippen molar-refractivity contribution in [2.24, 2.45) is 0 Å². The van der Waals surface area contributed by atoms with Crippen LogP contribution < -0.4 is 5.32 Å². The maximum absolute atomic E-state index is 12.5. The van der Waals surface area contributed by atoms with Crippen LogP contribution in [0.15, 0.2) is 36.4 Å². The van der Waals surface area contributed by atoms with E-state index >= 15 is 0 Å². The molecule has 1 aliphatic rings. The van der Waals surface area contributed by atoms with Gasteiger partial charge in [-0.2, -0.15) is 0 Å². The standard InChI is InChI=1S/C16H14N2O3/c1-2-13(19)17-9-18-15(20)11-7-3-5-10-6-4-8-12(14(10)11)16(18)21/h3-8H,2,9H2,1H3,(H,17,19). The number of rotatable bonds is 3. The number of hydrogen-bond acceptors (Lipinski definition) is 3. The van der Waals surface area contributed by atoms with Gasteiger partial charge in [0.2, 0.25) is 5.91 Å². The lowest BCUT2D eigenvalue weighted by Crippen LogP contribution is -2.46. The fraction of sp³-hybridized carbons (Fsp3) is 0.188. The summed E-state index contributed by atoms with van der Waals surface area (Å²) >= 11 is 0. The van der Waals surface area contributed by atoms with Crippen molar-refractivity contribution < 1.29 is 14.4 Å². The van der Waals surface area contributed by atoms with Gasteiger partial charge in [-0.05, 0) is 17.5 Å². The molecule has 0 unspecified atom stereocenters. The van der Waals surface area contributed by atoms with Crippen LogP contribution >= 0.6 is 0 Å². The van der Waals surface area contributed by atoms with E-state index in [-0.39, 0.29) is 24.4 Å². The van der Waals surface area contributed by atoms with Gasteiger partial charge in [0.05, 0.1) is 0 Å². The third-order valence-electron chi connectivity index (χ3n) is 3.61. The molecule has 21 heavy (non-hydrogen) atoms. The number of carbonyl (C=O) groups excluding carboxylic acids is 3. The van der Waals surface area contributed by atoms with Gasteiger partial charge in [0.1, 0.15) is 6.67 Å². The Bertz CT molecular complexity index is 716. The second-order valence-electron chi connectivity index (χ2n) is 4.86. The molecule has 106 valence electrons. The first-order valence-corrected chi connectivity index (χ1v) is 6.78. The summed E-state index contributed by atoms with van der Waals surface area (Å²) in [7, 11) is 0. The molecule has 5 heteroatoms. The Balaban J connectivity index is 2.05. The smallest absolute Gasteiger partial charge is 0.262 e. The average molecular weight is 282 g/mol. The van der Waals surface area contributed by atoms with Crippen molar-refractivity contribution in [1.29, 1.82) is 0 Å². The van der Waals surface area contributed by atoms with Gasteiger partial charge in [-0.3, -0.25) is 19.3 Å². The molecule has 1 aliphatic heterocycles. The van der Waals surface area contributed by atoms with Gasteiger partial charge >= 0.3 is 0 Å². The summed E-state index contributed by atoms with van der Waals surface area (Å²) in [6.45, 7) is 1.61. The van der Waals surface area contributed by atoms with E-state index in [1.165, 1.54) is 0 Å². The van der Waals surface area contributed by atoms with Gasteiger partial charge in [0.25, 0.3) is 11.8 Å². The molecule has 2 aromatic carbocycles. The van der Waals surface area contributed by atoms with Crippen molar-refractivity contribution in [1.82, 2.24) is 10.2 Å². The summed E-state index contributed by atoms with van der Waals surface area (Å²) in [6.07, 6.45) is 0.308. The van der Waals surface area contributed by atoms with Crippen molar-refractivity contribution >= 4 is 28.5 Å². The summed E-state index contributed by atoms with van der Waals surface area (Å²) in [6, 6.07) is 10.7. The van der Waals surface area contributed by atoms with Crippen LogP contribution in [0.1, 0.15) is 34.1 Å². The van der Waals surface area contributed by atoms with Crippen molar-refractivity contribution in [3.63, 3.8) is 0 Å². The number of imide groups is 1. The van der Waals surface area contributed by atoms with Crippen molar-refractivity contribution in [2.75, 3.05) is 6.67 Å². The molecule has 1 N–H and O–H groups in total. The molecule has 1 heterocycles. The normalized spacial score (nSPS) is 13.7. The molecule has 5 nitrogen and oxygen atoms in total. The van der Waals surface area contributed by atoms with Gasteiger partial charge in [0, 0.05) is 22.9 Å². The molecule has 0 spiro atoms. The zero-order valence-electron chi connectivity index (χ0n) is 11.6. The van der Waals surface area contributed by atoms with Crippen LogP contribution in [-0.2, 0) is 4.79 Å². The number of nitrogens with one attached hydrogen (secondary N) is 1. The van der Waals surface area contributed by atoms with Crippen molar-refractivity contribution in [3.8, 4) is 0 Å². The van der Waals surface area contributed by atoms with E-state index in [4.69, 9.17) is 0 Å². The molecule has 3 rings (SSSR count). The first-order valence-electron chi connectivity index (χ1n) is 6.78. The summed E-state index contributed by atoms with van der Waals surface area (Å²) in [5.74, 6) is -0.950. The Kier molecular flexibility index (Phi) is 3.17. The molecule has 3 amide bonds. The molecule has 2 aromatic rings. The lowest BCUT2D eigenvalue weighted by atomic mass is 9.94. The van der Waals surface area contributed by atoms with E-state index < -0.39 is 0 Å². The quantitative estimate of drug-likeness (QED) is 0.875. The van der Waals surface area contributed by atoms with Gasteiger partial charge in [0.15, 0.2) is 0 Å². The van der Waals surface area contributed by atoms with E-state index in [1.54, 1.807) is 31.2 Å². The van der Waals surface area contributed by atoms with Crippen LogP contribution in [0.25, 0.3) is 10.8 Å². The predicted molar refractivity (Wildman–Crippen MR) is 77.7 cm³/mol. The first-order chi connectivity index (χ1) is 10.1. The fourth-order valence-electron chi connectivity index (χ4n) is 2.52. The molecule has 0 saturated heterocycles. The van der Waals surface area contributed by atoms with Crippen LogP contribution in [0.2, 0.25) is 0 Å². The molecule has 0 aliphatic carbocycles. The van der Waals surface area contributed by atoms with E-state index in [9.17, 15) is 14.4 Å². The van der Waals surface area contributed by atoms with Crippen LogP contribution in [0.3, 0.4) is 0 Å². The minimum atomic E-state index is -0.374. The highest BCUT2D eigenvalue weighted by molar-refractivity contribution is 6.25. The molecule has 0 fully saturated rings. The topological polar surface area (TPSA) is 66.5 Å². The Labute approximate surface area is 121 Å². The van der Waals surface area contributed by atoms with Crippen LogP contribution in [0, 0.1) is 0 Å². The van der Waals surface area contributed by atoms with E-state index in [0.717, 1.165) is 10.3 Å². The third-order valence-corrected chi connectivity index (χ3v) is 3.61. The Morgan fingerprint density at radius 3 is 2.14 bits per heavy atom. The summed E-state index contributed by atoms with van der Waals surface area (Å²) in [5, 5.41) is 4.12. The molecule has 0 saturated carbocycles. The fourth-order valence-corrected chi connectivity index (χ4v) is 2.52. The maximum atomic E-state index is 12.5. The summed E-state index contributed by atoms with van der Waals surface area (Å²) < 4.78 is 0. The van der Waals surface area contributed by atoms with Crippen molar-refractivity contribution in [3.05, 3.63) is 47.5 Å². The highest BCUT2D eigenvalue weighted by Crippen LogP contribution is 2.29. The number of carbonyl (C=O) groups is 3. The van der Waals surface area contributed by atoms with Gasteiger partial charge in [-0.25, -0.2) is 0 Å². The maximum Gasteiger partial charge on any atom is 0.262 e. The summed E-state index contributed by atoms with van der Waals surface area (Å²) in [4.78, 5) is 37.4. The zero-order chi connectivity index (χ0) is 15.0. The first kappa shape index (κ1) is 13.3. The Morgan fingerprint density at radius 1 is 1.05 bits per heavy atom. The molecule has 0 aromatic heterocycles. The lowest BCUT2D eigenvalue weighted by Gasteiger charge is -2.27. The average Bonchev–Trinajstić information content (AvgIpc) is 2.52. The Morgan fingerprint density at radius 2 is 1.62 bits per heavy atom. The number of hydrogen-bond donors (Lipinski definition) is 1. The zero-order valence-corrected chi connectivity index (χ0v) is 11.6. The highest BCUT2D eigenvalue weighted by Gasteiger charge is 2.32. The number of amides is 3. The predicted octanol–water partition coefficient (Wildman–Crippen LogP) is 1.92. The summed E-state index contributed by atoms with van der Waals surface area (Å²) in [5.41, 5.74) is 0.988. The van der Waals surface area contributed by atoms with Crippen molar-refractivity contribution in [2.45, 2.75) is 13.3 Å². The molecular weight excluding hydrogens is 268 g/mol. The lowest BCUT2D eigenvalue weighted by molar-refractivity contribution is -0.121. The highest BCUT2D eigenvalue weighted by atomic mass is 16.2. The SMILES string of the molecule is CCC(=O)NCN1C(=O)c2cccc3cccc(c23)C1=O.